The summed E-state index contributed by atoms with van der Waals surface area (Å²) < 4.78 is 38.5. The molecule has 1 aromatic heterocycles. The molecule has 10 heteroatoms. The van der Waals surface area contributed by atoms with Crippen molar-refractivity contribution in [2.45, 2.75) is 13.1 Å². The number of carboxylic acid groups (broad SMARTS) is 1. The quantitative estimate of drug-likeness (QED) is 0.872. The molecule has 1 amide bonds. The SMILES string of the molecule is Cc1csc(NC(=O)CN2C[C@@H](C(F)(F)F)[C@H](C(=O)O)C2)n1. The van der Waals surface area contributed by atoms with Gasteiger partial charge < -0.3 is 10.4 Å². The van der Waals surface area contributed by atoms with Gasteiger partial charge in [-0.15, -0.1) is 11.3 Å². The average Bonchev–Trinajstić information content (AvgIpc) is 2.95. The van der Waals surface area contributed by atoms with E-state index in [1.165, 1.54) is 16.2 Å². The Kier molecular flexibility index (Phi) is 4.71. The van der Waals surface area contributed by atoms with E-state index in [0.717, 1.165) is 5.69 Å². The summed E-state index contributed by atoms with van der Waals surface area (Å²) in [4.78, 5) is 28.0. The smallest absolute Gasteiger partial charge is 0.393 e. The van der Waals surface area contributed by atoms with E-state index in [1.807, 2.05) is 0 Å². The van der Waals surface area contributed by atoms with Crippen molar-refractivity contribution in [3.63, 3.8) is 0 Å². The standard InChI is InChI=1S/C12H14F3N3O3S/c1-6-5-22-11(16-6)17-9(19)4-18-2-7(10(20)21)8(3-18)12(13,14)15/h5,7-8H,2-4H2,1H3,(H,20,21)(H,16,17,19)/t7-,8-/m1/s1. The summed E-state index contributed by atoms with van der Waals surface area (Å²) in [7, 11) is 0. The second kappa shape index (κ2) is 6.21. The first-order valence-electron chi connectivity index (χ1n) is 6.40. The molecule has 1 aliphatic heterocycles. The van der Waals surface area contributed by atoms with Crippen LogP contribution >= 0.6 is 11.3 Å². The zero-order valence-electron chi connectivity index (χ0n) is 11.6. The Bertz CT molecular complexity index is 575. The molecule has 2 atom stereocenters. The molecule has 2 rings (SSSR count). The fourth-order valence-corrected chi connectivity index (χ4v) is 3.07. The lowest BCUT2D eigenvalue weighted by Gasteiger charge is -2.18. The number of amides is 1. The summed E-state index contributed by atoms with van der Waals surface area (Å²) in [6.45, 7) is 0.654. The first-order chi connectivity index (χ1) is 10.2. The second-order valence-electron chi connectivity index (χ2n) is 5.13. The molecule has 0 radical (unpaired) electrons. The lowest BCUT2D eigenvalue weighted by molar-refractivity contribution is -0.188. The first-order valence-corrected chi connectivity index (χ1v) is 7.28. The van der Waals surface area contributed by atoms with Crippen LogP contribution in [0.4, 0.5) is 18.3 Å². The van der Waals surface area contributed by atoms with Crippen molar-refractivity contribution < 1.29 is 27.9 Å². The van der Waals surface area contributed by atoms with Crippen LogP contribution < -0.4 is 5.32 Å². The summed E-state index contributed by atoms with van der Waals surface area (Å²) in [5.41, 5.74) is 0.726. The topological polar surface area (TPSA) is 82.5 Å². The Morgan fingerprint density at radius 1 is 1.50 bits per heavy atom. The van der Waals surface area contributed by atoms with E-state index in [4.69, 9.17) is 5.11 Å². The third-order valence-electron chi connectivity index (χ3n) is 3.37. The minimum Gasteiger partial charge on any atom is -0.481 e. The first kappa shape index (κ1) is 16.7. The number of hydrogen-bond donors (Lipinski definition) is 2. The number of carbonyl (C=O) groups is 2. The number of hydrogen-bond acceptors (Lipinski definition) is 5. The van der Waals surface area contributed by atoms with Crippen molar-refractivity contribution in [2.75, 3.05) is 25.0 Å². The van der Waals surface area contributed by atoms with Crippen molar-refractivity contribution in [1.29, 1.82) is 0 Å². The number of aryl methyl sites for hydroxylation is 1. The zero-order valence-corrected chi connectivity index (χ0v) is 12.4. The fourth-order valence-electron chi connectivity index (χ4n) is 2.37. The average molecular weight is 337 g/mol. The number of nitrogens with one attached hydrogen (secondary N) is 1. The number of halogens is 3. The van der Waals surface area contributed by atoms with Gasteiger partial charge in [-0.2, -0.15) is 13.2 Å². The van der Waals surface area contributed by atoms with Crippen LogP contribution in [0.3, 0.4) is 0 Å². The highest BCUT2D eigenvalue weighted by Gasteiger charge is 2.52. The Morgan fingerprint density at radius 2 is 2.18 bits per heavy atom. The van der Waals surface area contributed by atoms with Gasteiger partial charge in [0, 0.05) is 18.5 Å². The van der Waals surface area contributed by atoms with E-state index >= 15 is 0 Å². The highest BCUT2D eigenvalue weighted by atomic mass is 32.1. The van der Waals surface area contributed by atoms with Gasteiger partial charge in [-0.25, -0.2) is 4.98 Å². The third-order valence-corrected chi connectivity index (χ3v) is 4.24. The van der Waals surface area contributed by atoms with Crippen LogP contribution in [-0.2, 0) is 9.59 Å². The molecule has 1 fully saturated rings. The second-order valence-corrected chi connectivity index (χ2v) is 5.99. The number of aliphatic carboxylic acids is 1. The normalized spacial score (nSPS) is 22.7. The number of alkyl halides is 3. The lowest BCUT2D eigenvalue weighted by atomic mass is 9.96. The third kappa shape index (κ3) is 3.95. The molecule has 2 heterocycles. The highest BCUT2D eigenvalue weighted by molar-refractivity contribution is 7.13. The number of likely N-dealkylation sites (tertiary alicyclic amines) is 1. The van der Waals surface area contributed by atoms with Crippen molar-refractivity contribution in [2.24, 2.45) is 11.8 Å². The number of aromatic nitrogens is 1. The molecule has 0 bridgehead atoms. The molecule has 0 aliphatic carbocycles. The summed E-state index contributed by atoms with van der Waals surface area (Å²) >= 11 is 1.21. The van der Waals surface area contributed by atoms with Gasteiger partial charge in [0.25, 0.3) is 0 Å². The van der Waals surface area contributed by atoms with E-state index < -0.39 is 36.4 Å². The molecule has 1 aromatic rings. The maximum absolute atomic E-state index is 12.8. The fraction of sp³-hybridized carbons (Fsp3) is 0.583. The van der Waals surface area contributed by atoms with E-state index in [1.54, 1.807) is 12.3 Å². The summed E-state index contributed by atoms with van der Waals surface area (Å²) in [5.74, 6) is -5.52. The van der Waals surface area contributed by atoms with Crippen LogP contribution in [0.2, 0.25) is 0 Å². The van der Waals surface area contributed by atoms with Gasteiger partial charge in [0.1, 0.15) is 0 Å². The summed E-state index contributed by atoms with van der Waals surface area (Å²) in [5, 5.41) is 13.5. The highest BCUT2D eigenvalue weighted by Crippen LogP contribution is 2.37. The Hall–Kier alpha value is -1.68. The van der Waals surface area contributed by atoms with Gasteiger partial charge in [-0.3, -0.25) is 14.5 Å². The minimum absolute atomic E-state index is 0.297. The van der Waals surface area contributed by atoms with Gasteiger partial charge in [0.2, 0.25) is 5.91 Å². The van der Waals surface area contributed by atoms with Crippen LogP contribution in [0.5, 0.6) is 0 Å². The van der Waals surface area contributed by atoms with E-state index in [2.05, 4.69) is 10.3 Å². The van der Waals surface area contributed by atoms with Crippen LogP contribution in [0.1, 0.15) is 5.69 Å². The van der Waals surface area contributed by atoms with Crippen LogP contribution in [0, 0.1) is 18.8 Å². The van der Waals surface area contributed by atoms with E-state index in [9.17, 15) is 22.8 Å². The molecular formula is C12H14F3N3O3S. The monoisotopic (exact) mass is 337 g/mol. The number of carbonyl (C=O) groups excluding carboxylic acids is 1. The van der Waals surface area contributed by atoms with E-state index in [0.29, 0.717) is 5.13 Å². The predicted octanol–water partition coefficient (Wildman–Crippen LogP) is 1.58. The lowest BCUT2D eigenvalue weighted by Crippen LogP contribution is -2.34. The molecule has 122 valence electrons. The Balaban J connectivity index is 1.96. The predicted molar refractivity (Wildman–Crippen MR) is 72.6 cm³/mol. The Morgan fingerprint density at radius 3 is 2.64 bits per heavy atom. The van der Waals surface area contributed by atoms with Crippen LogP contribution in [-0.4, -0.2) is 52.7 Å². The van der Waals surface area contributed by atoms with Crippen LogP contribution in [0.25, 0.3) is 0 Å². The maximum Gasteiger partial charge on any atom is 0.393 e. The van der Waals surface area contributed by atoms with Gasteiger partial charge >= 0.3 is 12.1 Å². The van der Waals surface area contributed by atoms with Gasteiger partial charge in [0.05, 0.1) is 24.1 Å². The van der Waals surface area contributed by atoms with Crippen molar-refractivity contribution in [3.8, 4) is 0 Å². The molecule has 1 aliphatic rings. The largest absolute Gasteiger partial charge is 0.481 e. The molecular weight excluding hydrogens is 323 g/mol. The molecule has 0 aromatic carbocycles. The van der Waals surface area contributed by atoms with Crippen molar-refractivity contribution in [3.05, 3.63) is 11.1 Å². The molecule has 6 nitrogen and oxygen atoms in total. The number of rotatable bonds is 4. The van der Waals surface area contributed by atoms with Crippen molar-refractivity contribution in [1.82, 2.24) is 9.88 Å². The molecule has 22 heavy (non-hydrogen) atoms. The number of anilines is 1. The summed E-state index contributed by atoms with van der Waals surface area (Å²) in [6.07, 6.45) is -4.60. The molecule has 0 saturated carbocycles. The molecule has 2 N–H and O–H groups in total. The molecule has 1 saturated heterocycles. The van der Waals surface area contributed by atoms with Crippen LogP contribution in [0.15, 0.2) is 5.38 Å². The Labute approximate surface area is 127 Å². The minimum atomic E-state index is -4.60. The number of nitrogens with zero attached hydrogens (tertiary/aromatic N) is 2. The molecule has 0 spiro atoms. The zero-order chi connectivity index (χ0) is 16.5. The van der Waals surface area contributed by atoms with Gasteiger partial charge in [0.15, 0.2) is 5.13 Å². The van der Waals surface area contributed by atoms with Crippen molar-refractivity contribution >= 4 is 28.3 Å². The summed E-state index contributed by atoms with van der Waals surface area (Å²) in [6, 6.07) is 0. The molecule has 0 unspecified atom stereocenters. The van der Waals surface area contributed by atoms with E-state index in [-0.39, 0.29) is 13.1 Å². The number of thiazole rings is 1. The number of carboxylic acids is 1. The van der Waals surface area contributed by atoms with Gasteiger partial charge in [-0.1, -0.05) is 0 Å². The van der Waals surface area contributed by atoms with Gasteiger partial charge in [-0.05, 0) is 6.92 Å². The maximum atomic E-state index is 12.8.